The summed E-state index contributed by atoms with van der Waals surface area (Å²) in [5.74, 6) is 0.887. The molecule has 0 aliphatic carbocycles. The fraction of sp³-hybridized carbons (Fsp3) is 0.143. The highest BCUT2D eigenvalue weighted by molar-refractivity contribution is 5.95. The lowest BCUT2D eigenvalue weighted by molar-refractivity contribution is 0.0962. The van der Waals surface area contributed by atoms with E-state index in [1.807, 2.05) is 6.92 Å². The first-order valence-electron chi connectivity index (χ1n) is 6.71. The molecule has 8 heteroatoms. The lowest BCUT2D eigenvalue weighted by Gasteiger charge is -2.08. The van der Waals surface area contributed by atoms with Gasteiger partial charge in [-0.25, -0.2) is 15.0 Å². The van der Waals surface area contributed by atoms with Crippen molar-refractivity contribution in [1.82, 2.24) is 25.4 Å². The molecule has 0 aliphatic rings. The molecular weight excluding hydrogens is 284 g/mol. The van der Waals surface area contributed by atoms with E-state index in [1.165, 1.54) is 12.7 Å². The molecule has 3 aromatic rings. The molecule has 22 heavy (non-hydrogen) atoms. The van der Waals surface area contributed by atoms with Crippen molar-refractivity contribution in [3.63, 3.8) is 0 Å². The van der Waals surface area contributed by atoms with Gasteiger partial charge in [-0.2, -0.15) is 0 Å². The number of amides is 1. The molecule has 0 saturated heterocycles. The van der Waals surface area contributed by atoms with Gasteiger partial charge in [0.1, 0.15) is 17.6 Å². The van der Waals surface area contributed by atoms with Crippen LogP contribution in [0.3, 0.4) is 0 Å². The highest BCUT2D eigenvalue weighted by atomic mass is 16.5. The third-order valence-corrected chi connectivity index (χ3v) is 2.94. The predicted molar refractivity (Wildman–Crippen MR) is 80.4 cm³/mol. The molecule has 0 radical (unpaired) electrons. The largest absolute Gasteiger partial charge is 0.494 e. The van der Waals surface area contributed by atoms with Crippen molar-refractivity contribution < 1.29 is 9.53 Å². The third-order valence-electron chi connectivity index (χ3n) is 2.94. The molecule has 112 valence electrons. The number of fused-ring (bicyclic) bond motifs is 1. The molecule has 3 rings (SSSR count). The average Bonchev–Trinajstić information content (AvgIpc) is 3.03. The topological polar surface area (TPSA) is 105 Å². The molecule has 1 amide bonds. The molecule has 0 spiro atoms. The molecule has 3 N–H and O–H groups in total. The Morgan fingerprint density at radius 3 is 2.82 bits per heavy atom. The molecule has 2 aromatic heterocycles. The number of anilines is 1. The lowest BCUT2D eigenvalue weighted by Crippen LogP contribution is -2.29. The van der Waals surface area contributed by atoms with Crippen LogP contribution in [0.2, 0.25) is 0 Å². The molecule has 0 saturated carbocycles. The van der Waals surface area contributed by atoms with E-state index in [4.69, 9.17) is 4.74 Å². The number of hydrazine groups is 1. The number of hydrogen-bond acceptors (Lipinski definition) is 6. The summed E-state index contributed by atoms with van der Waals surface area (Å²) in [5, 5.41) is 0. The van der Waals surface area contributed by atoms with E-state index < -0.39 is 0 Å². The SMILES string of the molecule is CCOc1ccc(C(=O)NNc2ncnc3nc[nH]c23)cc1. The Hall–Kier alpha value is -3.16. The number of hydrogen-bond donors (Lipinski definition) is 3. The number of carbonyl (C=O) groups is 1. The van der Waals surface area contributed by atoms with Gasteiger partial charge in [0.15, 0.2) is 11.5 Å². The van der Waals surface area contributed by atoms with E-state index in [-0.39, 0.29) is 5.91 Å². The molecular formula is C14H14N6O2. The fourth-order valence-electron chi connectivity index (χ4n) is 1.92. The number of carbonyl (C=O) groups excluding carboxylic acids is 1. The standard InChI is InChI=1S/C14H14N6O2/c1-2-22-10-5-3-9(4-6-10)14(21)20-19-13-11-12(16-7-15-11)17-8-18-13/h3-8H,2H2,1H3,(H,20,21)(H2,15,16,17,18,19). The number of aromatic nitrogens is 4. The Labute approximate surface area is 125 Å². The summed E-state index contributed by atoms with van der Waals surface area (Å²) >= 11 is 0. The summed E-state index contributed by atoms with van der Waals surface area (Å²) in [5.41, 5.74) is 6.99. The first kappa shape index (κ1) is 13.8. The van der Waals surface area contributed by atoms with Gasteiger partial charge in [0, 0.05) is 5.56 Å². The second-order valence-corrected chi connectivity index (χ2v) is 4.36. The van der Waals surface area contributed by atoms with E-state index in [0.29, 0.717) is 29.2 Å². The zero-order valence-electron chi connectivity index (χ0n) is 11.8. The minimum Gasteiger partial charge on any atom is -0.494 e. The van der Waals surface area contributed by atoms with Crippen LogP contribution in [0.25, 0.3) is 11.2 Å². The van der Waals surface area contributed by atoms with Crippen LogP contribution in [-0.4, -0.2) is 32.4 Å². The Bertz CT molecular complexity index is 783. The predicted octanol–water partition coefficient (Wildman–Crippen LogP) is 1.51. The van der Waals surface area contributed by atoms with Crippen molar-refractivity contribution in [2.75, 3.05) is 12.0 Å². The zero-order valence-corrected chi connectivity index (χ0v) is 11.8. The Balaban J connectivity index is 1.68. The molecule has 0 bridgehead atoms. The van der Waals surface area contributed by atoms with Crippen molar-refractivity contribution in [1.29, 1.82) is 0 Å². The quantitative estimate of drug-likeness (QED) is 0.617. The monoisotopic (exact) mass is 298 g/mol. The van der Waals surface area contributed by atoms with Crippen LogP contribution < -0.4 is 15.6 Å². The Morgan fingerprint density at radius 2 is 2.05 bits per heavy atom. The van der Waals surface area contributed by atoms with E-state index in [2.05, 4.69) is 30.8 Å². The van der Waals surface area contributed by atoms with Gasteiger partial charge in [-0.15, -0.1) is 0 Å². The second-order valence-electron chi connectivity index (χ2n) is 4.36. The summed E-state index contributed by atoms with van der Waals surface area (Å²) in [6, 6.07) is 6.87. The van der Waals surface area contributed by atoms with Crippen molar-refractivity contribution in [3.8, 4) is 5.75 Å². The molecule has 2 heterocycles. The normalized spacial score (nSPS) is 10.4. The highest BCUT2D eigenvalue weighted by Crippen LogP contribution is 2.14. The number of nitrogens with one attached hydrogen (secondary N) is 3. The first-order chi connectivity index (χ1) is 10.8. The summed E-state index contributed by atoms with van der Waals surface area (Å²) in [6.07, 6.45) is 2.88. The minimum absolute atomic E-state index is 0.283. The first-order valence-corrected chi connectivity index (χ1v) is 6.71. The number of rotatable bonds is 5. The lowest BCUT2D eigenvalue weighted by atomic mass is 10.2. The van der Waals surface area contributed by atoms with Gasteiger partial charge in [-0.3, -0.25) is 15.6 Å². The van der Waals surface area contributed by atoms with E-state index in [0.717, 1.165) is 5.75 Å². The van der Waals surface area contributed by atoms with Gasteiger partial charge in [-0.1, -0.05) is 0 Å². The van der Waals surface area contributed by atoms with Gasteiger partial charge >= 0.3 is 0 Å². The van der Waals surface area contributed by atoms with Crippen LogP contribution in [0, 0.1) is 0 Å². The fourth-order valence-corrected chi connectivity index (χ4v) is 1.92. The van der Waals surface area contributed by atoms with Crippen molar-refractivity contribution >= 4 is 22.9 Å². The summed E-state index contributed by atoms with van der Waals surface area (Å²) in [6.45, 7) is 2.49. The Kier molecular flexibility index (Phi) is 3.82. The number of aromatic amines is 1. The average molecular weight is 298 g/mol. The van der Waals surface area contributed by atoms with Gasteiger partial charge in [0.2, 0.25) is 0 Å². The van der Waals surface area contributed by atoms with E-state index in [9.17, 15) is 4.79 Å². The van der Waals surface area contributed by atoms with Gasteiger partial charge < -0.3 is 9.72 Å². The van der Waals surface area contributed by atoms with Crippen LogP contribution in [0.15, 0.2) is 36.9 Å². The number of imidazole rings is 1. The second kappa shape index (κ2) is 6.08. The summed E-state index contributed by atoms with van der Waals surface area (Å²) in [7, 11) is 0. The number of nitrogens with zero attached hydrogens (tertiary/aromatic N) is 3. The van der Waals surface area contributed by atoms with Crippen LogP contribution in [0.5, 0.6) is 5.75 Å². The van der Waals surface area contributed by atoms with Crippen LogP contribution in [-0.2, 0) is 0 Å². The van der Waals surface area contributed by atoms with Crippen molar-refractivity contribution in [3.05, 3.63) is 42.5 Å². The molecule has 8 nitrogen and oxygen atoms in total. The van der Waals surface area contributed by atoms with Gasteiger partial charge in [0.25, 0.3) is 5.91 Å². The van der Waals surface area contributed by atoms with Gasteiger partial charge in [-0.05, 0) is 31.2 Å². The molecule has 1 aromatic carbocycles. The van der Waals surface area contributed by atoms with Crippen LogP contribution in [0.4, 0.5) is 5.82 Å². The minimum atomic E-state index is -0.283. The van der Waals surface area contributed by atoms with Crippen molar-refractivity contribution in [2.24, 2.45) is 0 Å². The highest BCUT2D eigenvalue weighted by Gasteiger charge is 2.08. The number of H-pyrrole nitrogens is 1. The molecule has 0 unspecified atom stereocenters. The maximum absolute atomic E-state index is 12.1. The summed E-state index contributed by atoms with van der Waals surface area (Å²) in [4.78, 5) is 27.1. The molecule has 0 atom stereocenters. The maximum Gasteiger partial charge on any atom is 0.269 e. The van der Waals surface area contributed by atoms with Crippen molar-refractivity contribution in [2.45, 2.75) is 6.92 Å². The van der Waals surface area contributed by atoms with E-state index in [1.54, 1.807) is 24.3 Å². The molecule has 0 aliphatic heterocycles. The van der Waals surface area contributed by atoms with Crippen LogP contribution in [0.1, 0.15) is 17.3 Å². The number of ether oxygens (including phenoxy) is 1. The maximum atomic E-state index is 12.1. The van der Waals surface area contributed by atoms with Gasteiger partial charge in [0.05, 0.1) is 12.9 Å². The molecule has 0 fully saturated rings. The zero-order chi connectivity index (χ0) is 15.4. The third kappa shape index (κ3) is 2.80. The smallest absolute Gasteiger partial charge is 0.269 e. The Morgan fingerprint density at radius 1 is 1.23 bits per heavy atom. The van der Waals surface area contributed by atoms with Crippen LogP contribution >= 0.6 is 0 Å². The summed E-state index contributed by atoms with van der Waals surface area (Å²) < 4.78 is 5.33. The van der Waals surface area contributed by atoms with E-state index >= 15 is 0 Å². The number of benzene rings is 1.